The van der Waals surface area contributed by atoms with Gasteiger partial charge in [0.05, 0.1) is 5.60 Å². The van der Waals surface area contributed by atoms with Gasteiger partial charge in [-0.15, -0.1) is 0 Å². The van der Waals surface area contributed by atoms with E-state index in [4.69, 9.17) is 4.74 Å². The molecular formula is C15H22O3. The Bertz CT molecular complexity index is 435. The monoisotopic (exact) mass is 250 g/mol. The zero-order valence-electron chi connectivity index (χ0n) is 11.5. The average Bonchev–Trinajstić information content (AvgIpc) is 2.52. The minimum atomic E-state index is -0.714. The summed E-state index contributed by atoms with van der Waals surface area (Å²) >= 11 is 0. The Morgan fingerprint density at radius 3 is 2.72 bits per heavy atom. The molecular weight excluding hydrogens is 228 g/mol. The smallest absolute Gasteiger partial charge is 0.334 e. The summed E-state index contributed by atoms with van der Waals surface area (Å²) in [6, 6.07) is 0. The fraction of sp³-hybridized carbons (Fsp3) is 0.800. The second-order valence-corrected chi connectivity index (χ2v) is 6.82. The van der Waals surface area contributed by atoms with Crippen LogP contribution in [0.5, 0.6) is 0 Å². The van der Waals surface area contributed by atoms with Crippen LogP contribution in [0, 0.1) is 11.3 Å². The largest absolute Gasteiger partial charge is 0.454 e. The first-order valence-electron chi connectivity index (χ1n) is 6.98. The molecule has 0 aromatic carbocycles. The Balaban J connectivity index is 2.04. The summed E-state index contributed by atoms with van der Waals surface area (Å²) in [5.41, 5.74) is 1.32. The second-order valence-electron chi connectivity index (χ2n) is 6.82. The molecule has 0 saturated heterocycles. The van der Waals surface area contributed by atoms with E-state index in [2.05, 4.69) is 6.92 Å². The fourth-order valence-electron chi connectivity index (χ4n) is 4.52. The van der Waals surface area contributed by atoms with Crippen LogP contribution in [0.15, 0.2) is 11.1 Å². The molecule has 0 bridgehead atoms. The normalized spacial score (nSPS) is 47.7. The van der Waals surface area contributed by atoms with Crippen molar-refractivity contribution >= 4 is 5.97 Å². The third-order valence-electron chi connectivity index (χ3n) is 5.49. The lowest BCUT2D eigenvalue weighted by Crippen LogP contribution is -2.56. The van der Waals surface area contributed by atoms with E-state index < -0.39 is 5.60 Å². The van der Waals surface area contributed by atoms with Gasteiger partial charge in [0, 0.05) is 11.5 Å². The number of fused-ring (bicyclic) bond motifs is 3. The van der Waals surface area contributed by atoms with E-state index in [-0.39, 0.29) is 23.4 Å². The first-order chi connectivity index (χ1) is 8.35. The van der Waals surface area contributed by atoms with Crippen LogP contribution in [0.4, 0.5) is 0 Å². The standard InChI is InChI=1S/C15H22O3/c1-9-10-5-8-14(2)6-4-7-15(3,17)12(14)11(10)18-13(9)16/h11-12,17H,4-8H2,1-3H3. The van der Waals surface area contributed by atoms with Gasteiger partial charge in [0.25, 0.3) is 0 Å². The van der Waals surface area contributed by atoms with Gasteiger partial charge in [-0.25, -0.2) is 4.79 Å². The number of esters is 1. The Kier molecular flexibility index (Phi) is 2.44. The van der Waals surface area contributed by atoms with Crippen LogP contribution in [0.25, 0.3) is 0 Å². The molecule has 2 saturated carbocycles. The number of rotatable bonds is 0. The highest BCUT2D eigenvalue weighted by molar-refractivity contribution is 5.91. The molecule has 1 heterocycles. The van der Waals surface area contributed by atoms with Crippen molar-refractivity contribution in [3.8, 4) is 0 Å². The number of hydrogen-bond acceptors (Lipinski definition) is 3. The van der Waals surface area contributed by atoms with Gasteiger partial charge in [0.1, 0.15) is 6.10 Å². The van der Waals surface area contributed by atoms with E-state index in [1.54, 1.807) is 0 Å². The Morgan fingerprint density at radius 2 is 2.00 bits per heavy atom. The highest BCUT2D eigenvalue weighted by Gasteiger charge is 2.57. The first-order valence-corrected chi connectivity index (χ1v) is 6.98. The van der Waals surface area contributed by atoms with Gasteiger partial charge < -0.3 is 9.84 Å². The van der Waals surface area contributed by atoms with Crippen LogP contribution < -0.4 is 0 Å². The fourth-order valence-corrected chi connectivity index (χ4v) is 4.52. The van der Waals surface area contributed by atoms with Gasteiger partial charge in [-0.3, -0.25) is 0 Å². The van der Waals surface area contributed by atoms with E-state index in [0.29, 0.717) is 0 Å². The number of aliphatic hydroxyl groups is 1. The summed E-state index contributed by atoms with van der Waals surface area (Å²) in [5.74, 6) is -0.121. The number of ether oxygens (including phenoxy) is 1. The predicted molar refractivity (Wildman–Crippen MR) is 67.9 cm³/mol. The molecule has 3 heteroatoms. The highest BCUT2D eigenvalue weighted by Crippen LogP contribution is 2.57. The molecule has 1 aliphatic heterocycles. The summed E-state index contributed by atoms with van der Waals surface area (Å²) in [7, 11) is 0. The molecule has 2 fully saturated rings. The van der Waals surface area contributed by atoms with Crippen LogP contribution in [0.2, 0.25) is 0 Å². The van der Waals surface area contributed by atoms with Crippen molar-refractivity contribution < 1.29 is 14.6 Å². The maximum absolute atomic E-state index is 11.8. The van der Waals surface area contributed by atoms with Crippen molar-refractivity contribution in [2.75, 3.05) is 0 Å². The molecule has 3 rings (SSSR count). The van der Waals surface area contributed by atoms with Crippen molar-refractivity contribution in [1.29, 1.82) is 0 Å². The van der Waals surface area contributed by atoms with E-state index in [1.165, 1.54) is 0 Å². The molecule has 3 nitrogen and oxygen atoms in total. The SMILES string of the molecule is CC1=C2CCC3(C)CCCC(C)(O)C3C2OC1=O. The molecule has 4 unspecified atom stereocenters. The van der Waals surface area contributed by atoms with Gasteiger partial charge in [-0.05, 0) is 50.5 Å². The molecule has 0 aromatic heterocycles. The average molecular weight is 250 g/mol. The molecule has 4 atom stereocenters. The van der Waals surface area contributed by atoms with Crippen molar-refractivity contribution in [2.24, 2.45) is 11.3 Å². The van der Waals surface area contributed by atoms with Gasteiger partial charge in [0.2, 0.25) is 0 Å². The van der Waals surface area contributed by atoms with Crippen LogP contribution in [0.3, 0.4) is 0 Å². The topological polar surface area (TPSA) is 46.5 Å². The number of carbonyl (C=O) groups excluding carboxylic acids is 1. The summed E-state index contributed by atoms with van der Waals surface area (Å²) in [6.07, 6.45) is 4.85. The van der Waals surface area contributed by atoms with Gasteiger partial charge in [-0.1, -0.05) is 13.3 Å². The van der Waals surface area contributed by atoms with Gasteiger partial charge >= 0.3 is 5.97 Å². The summed E-state index contributed by atoms with van der Waals surface area (Å²) in [5, 5.41) is 10.7. The number of hydrogen-bond donors (Lipinski definition) is 1. The first kappa shape index (κ1) is 12.2. The minimum absolute atomic E-state index is 0.0592. The molecule has 2 aliphatic carbocycles. The lowest BCUT2D eigenvalue weighted by Gasteiger charge is -2.54. The van der Waals surface area contributed by atoms with Crippen LogP contribution in [-0.2, 0) is 9.53 Å². The third-order valence-corrected chi connectivity index (χ3v) is 5.49. The van der Waals surface area contributed by atoms with Crippen molar-refractivity contribution in [2.45, 2.75) is 64.6 Å². The lowest BCUT2D eigenvalue weighted by atomic mass is 9.53. The molecule has 0 radical (unpaired) electrons. The van der Waals surface area contributed by atoms with E-state index in [1.807, 2.05) is 13.8 Å². The predicted octanol–water partition coefficient (Wildman–Crippen LogP) is 2.58. The van der Waals surface area contributed by atoms with E-state index in [9.17, 15) is 9.90 Å². The Labute approximate surface area is 108 Å². The quantitative estimate of drug-likeness (QED) is 0.672. The second kappa shape index (κ2) is 3.60. The van der Waals surface area contributed by atoms with E-state index >= 15 is 0 Å². The Hall–Kier alpha value is -0.830. The van der Waals surface area contributed by atoms with Crippen molar-refractivity contribution in [3.63, 3.8) is 0 Å². The van der Waals surface area contributed by atoms with Gasteiger partial charge in [-0.2, -0.15) is 0 Å². The highest BCUT2D eigenvalue weighted by atomic mass is 16.5. The van der Waals surface area contributed by atoms with Crippen molar-refractivity contribution in [1.82, 2.24) is 0 Å². The van der Waals surface area contributed by atoms with Crippen LogP contribution >= 0.6 is 0 Å². The van der Waals surface area contributed by atoms with Crippen LogP contribution in [-0.4, -0.2) is 22.8 Å². The zero-order chi connectivity index (χ0) is 13.1. The molecule has 0 aromatic rings. The molecule has 0 spiro atoms. The maximum atomic E-state index is 11.8. The zero-order valence-corrected chi connectivity index (χ0v) is 11.5. The van der Waals surface area contributed by atoms with Crippen molar-refractivity contribution in [3.05, 3.63) is 11.1 Å². The molecule has 18 heavy (non-hydrogen) atoms. The summed E-state index contributed by atoms with van der Waals surface area (Å²) in [6.45, 7) is 6.03. The third kappa shape index (κ3) is 1.49. The molecule has 1 N–H and O–H groups in total. The molecule has 100 valence electrons. The maximum Gasteiger partial charge on any atom is 0.334 e. The Morgan fingerprint density at radius 1 is 1.28 bits per heavy atom. The summed E-state index contributed by atoms with van der Waals surface area (Å²) < 4.78 is 5.57. The molecule has 3 aliphatic rings. The minimum Gasteiger partial charge on any atom is -0.454 e. The van der Waals surface area contributed by atoms with Gasteiger partial charge in [0.15, 0.2) is 0 Å². The molecule has 0 amide bonds. The summed E-state index contributed by atoms with van der Waals surface area (Å²) in [4.78, 5) is 11.8. The van der Waals surface area contributed by atoms with Crippen LogP contribution in [0.1, 0.15) is 52.9 Å². The van der Waals surface area contributed by atoms with E-state index in [0.717, 1.165) is 43.3 Å². The lowest BCUT2D eigenvalue weighted by molar-refractivity contribution is -0.169. The number of carbonyl (C=O) groups is 1.